The molecule has 6 nitrogen and oxygen atoms in total. The van der Waals surface area contributed by atoms with Crippen molar-refractivity contribution in [3.05, 3.63) is 60.2 Å². The molecule has 5 rings (SSSR count). The maximum absolute atomic E-state index is 13.1. The van der Waals surface area contributed by atoms with E-state index < -0.39 is 10.0 Å². The first-order valence-corrected chi connectivity index (χ1v) is 13.9. The Kier molecular flexibility index (Phi) is 5.85. The van der Waals surface area contributed by atoms with Crippen LogP contribution in [-0.4, -0.2) is 46.3 Å². The quantitative estimate of drug-likeness (QED) is 0.745. The van der Waals surface area contributed by atoms with Crippen molar-refractivity contribution >= 4 is 27.3 Å². The van der Waals surface area contributed by atoms with Crippen molar-refractivity contribution in [3.8, 4) is 0 Å². The van der Waals surface area contributed by atoms with Gasteiger partial charge in [-0.3, -0.25) is 9.10 Å². The van der Waals surface area contributed by atoms with Gasteiger partial charge in [-0.1, -0.05) is 36.4 Å². The summed E-state index contributed by atoms with van der Waals surface area (Å²) in [5.41, 5.74) is 3.02. The van der Waals surface area contributed by atoms with E-state index in [1.54, 1.807) is 4.31 Å². The molecule has 1 spiro atoms. The van der Waals surface area contributed by atoms with Gasteiger partial charge in [-0.25, -0.2) is 8.42 Å². The normalized spacial score (nSPS) is 25.8. The van der Waals surface area contributed by atoms with Gasteiger partial charge in [0.15, 0.2) is 0 Å². The number of para-hydroxylation sites is 2. The second-order valence-corrected chi connectivity index (χ2v) is 11.9. The second kappa shape index (κ2) is 8.67. The lowest BCUT2D eigenvalue weighted by molar-refractivity contribution is -0.127. The summed E-state index contributed by atoms with van der Waals surface area (Å²) >= 11 is 0. The molecule has 176 valence electrons. The van der Waals surface area contributed by atoms with Gasteiger partial charge in [-0.2, -0.15) is 0 Å². The van der Waals surface area contributed by atoms with Crippen LogP contribution in [0.3, 0.4) is 0 Å². The number of nitrogens with one attached hydrogen (secondary N) is 1. The summed E-state index contributed by atoms with van der Waals surface area (Å²) in [5.74, 6) is 0.191. The molecule has 1 N–H and O–H groups in total. The van der Waals surface area contributed by atoms with Gasteiger partial charge in [-0.05, 0) is 62.3 Å². The predicted molar refractivity (Wildman–Crippen MR) is 132 cm³/mol. The molecule has 2 aliphatic heterocycles. The molecule has 0 unspecified atom stereocenters. The van der Waals surface area contributed by atoms with E-state index in [0.29, 0.717) is 6.54 Å². The van der Waals surface area contributed by atoms with Crippen LogP contribution in [0.2, 0.25) is 0 Å². The average Bonchev–Trinajstić information content (AvgIpc) is 3.15. The van der Waals surface area contributed by atoms with E-state index in [4.69, 9.17) is 0 Å². The van der Waals surface area contributed by atoms with Gasteiger partial charge in [0, 0.05) is 42.7 Å². The molecular formula is C26H33N3O3S. The fourth-order valence-electron chi connectivity index (χ4n) is 5.98. The van der Waals surface area contributed by atoms with Crippen molar-refractivity contribution in [2.24, 2.45) is 5.92 Å². The van der Waals surface area contributed by atoms with E-state index in [1.165, 1.54) is 11.9 Å². The highest BCUT2D eigenvalue weighted by molar-refractivity contribution is 7.92. The van der Waals surface area contributed by atoms with Crippen molar-refractivity contribution in [1.29, 1.82) is 0 Å². The molecule has 2 fully saturated rings. The largest absolute Gasteiger partial charge is 0.371 e. The number of carbonyl (C=O) groups is 1. The highest BCUT2D eigenvalue weighted by Crippen LogP contribution is 2.50. The van der Waals surface area contributed by atoms with Crippen molar-refractivity contribution < 1.29 is 13.2 Å². The van der Waals surface area contributed by atoms with Gasteiger partial charge in [0.1, 0.15) is 0 Å². The van der Waals surface area contributed by atoms with Gasteiger partial charge in [0.2, 0.25) is 15.9 Å². The minimum absolute atomic E-state index is 0.0159. The zero-order valence-electron chi connectivity index (χ0n) is 19.2. The Balaban J connectivity index is 1.18. The molecule has 0 aromatic heterocycles. The van der Waals surface area contributed by atoms with Crippen molar-refractivity contribution in [2.45, 2.75) is 50.0 Å². The Morgan fingerprint density at radius 2 is 1.58 bits per heavy atom. The number of carbonyl (C=O) groups excluding carboxylic acids is 1. The molecule has 1 saturated carbocycles. The van der Waals surface area contributed by atoms with Crippen LogP contribution in [0.25, 0.3) is 0 Å². The summed E-state index contributed by atoms with van der Waals surface area (Å²) in [6.07, 6.45) is 6.52. The molecule has 0 atom stereocenters. The topological polar surface area (TPSA) is 69.7 Å². The fourth-order valence-corrected chi connectivity index (χ4v) is 6.98. The first-order chi connectivity index (χ1) is 15.9. The number of fused-ring (bicyclic) bond motifs is 2. The molecule has 1 amide bonds. The molecule has 0 bridgehead atoms. The van der Waals surface area contributed by atoms with Crippen LogP contribution in [0.5, 0.6) is 0 Å². The van der Waals surface area contributed by atoms with Crippen LogP contribution in [-0.2, 0) is 20.2 Å². The van der Waals surface area contributed by atoms with E-state index in [2.05, 4.69) is 40.5 Å². The standard InChI is InChI=1S/C26H33N3O3S/c1-33(31,32)29-19-26(23-9-5-6-10-24(23)29)15-11-20(12-16-26)25(30)27-21-13-17-28(18-14-21)22-7-3-2-4-8-22/h2-10,20-21H,11-19H2,1H3,(H,27,30)/t20-,26-. The van der Waals surface area contributed by atoms with E-state index in [-0.39, 0.29) is 23.3 Å². The number of rotatable bonds is 4. The molecule has 7 heteroatoms. The van der Waals surface area contributed by atoms with Crippen LogP contribution in [0.4, 0.5) is 11.4 Å². The summed E-state index contributed by atoms with van der Waals surface area (Å²) < 4.78 is 26.3. The maximum Gasteiger partial charge on any atom is 0.232 e. The van der Waals surface area contributed by atoms with E-state index in [9.17, 15) is 13.2 Å². The van der Waals surface area contributed by atoms with Crippen LogP contribution >= 0.6 is 0 Å². The molecule has 2 aromatic rings. The van der Waals surface area contributed by atoms with Gasteiger partial charge in [-0.15, -0.1) is 0 Å². The zero-order chi connectivity index (χ0) is 23.1. The minimum Gasteiger partial charge on any atom is -0.371 e. The molecule has 33 heavy (non-hydrogen) atoms. The number of hydrogen-bond donors (Lipinski definition) is 1. The van der Waals surface area contributed by atoms with E-state index in [1.807, 2.05) is 24.3 Å². The Hall–Kier alpha value is -2.54. The fraction of sp³-hybridized carbons (Fsp3) is 0.500. The van der Waals surface area contributed by atoms with Crippen LogP contribution in [0.15, 0.2) is 54.6 Å². The van der Waals surface area contributed by atoms with Crippen molar-refractivity contribution in [2.75, 3.05) is 35.1 Å². The number of hydrogen-bond acceptors (Lipinski definition) is 4. The number of benzene rings is 2. The highest BCUT2D eigenvalue weighted by Gasteiger charge is 2.48. The number of piperidine rings is 1. The monoisotopic (exact) mass is 467 g/mol. The Labute approximate surface area is 197 Å². The number of amides is 1. The lowest BCUT2D eigenvalue weighted by Crippen LogP contribution is -2.48. The third kappa shape index (κ3) is 4.35. The number of nitrogens with zero attached hydrogens (tertiary/aromatic N) is 2. The predicted octanol–water partition coefficient (Wildman–Crippen LogP) is 3.68. The Morgan fingerprint density at radius 3 is 2.24 bits per heavy atom. The second-order valence-electron chi connectivity index (χ2n) is 9.95. The van der Waals surface area contributed by atoms with Crippen LogP contribution in [0, 0.1) is 5.92 Å². The van der Waals surface area contributed by atoms with Crippen molar-refractivity contribution in [3.63, 3.8) is 0 Å². The zero-order valence-corrected chi connectivity index (χ0v) is 20.1. The van der Waals surface area contributed by atoms with E-state index in [0.717, 1.165) is 62.9 Å². The molecule has 1 aliphatic carbocycles. The van der Waals surface area contributed by atoms with E-state index >= 15 is 0 Å². The Morgan fingerprint density at radius 1 is 0.939 bits per heavy atom. The smallest absolute Gasteiger partial charge is 0.232 e. The summed E-state index contributed by atoms with van der Waals surface area (Å²) in [7, 11) is -3.31. The molecule has 0 radical (unpaired) electrons. The molecule has 3 aliphatic rings. The molecule has 1 saturated heterocycles. The molecular weight excluding hydrogens is 434 g/mol. The minimum atomic E-state index is -3.31. The van der Waals surface area contributed by atoms with Gasteiger partial charge < -0.3 is 10.2 Å². The lowest BCUT2D eigenvalue weighted by Gasteiger charge is -2.38. The van der Waals surface area contributed by atoms with Gasteiger partial charge in [0.05, 0.1) is 11.9 Å². The molecule has 2 heterocycles. The average molecular weight is 468 g/mol. The van der Waals surface area contributed by atoms with Gasteiger partial charge in [0.25, 0.3) is 0 Å². The summed E-state index contributed by atoms with van der Waals surface area (Å²) in [6.45, 7) is 2.42. The summed E-state index contributed by atoms with van der Waals surface area (Å²) in [6, 6.07) is 18.6. The lowest BCUT2D eigenvalue weighted by atomic mass is 9.67. The number of sulfonamides is 1. The third-order valence-electron chi connectivity index (χ3n) is 7.87. The molecule has 2 aromatic carbocycles. The van der Waals surface area contributed by atoms with Crippen LogP contribution < -0.4 is 14.5 Å². The van der Waals surface area contributed by atoms with Crippen molar-refractivity contribution in [1.82, 2.24) is 5.32 Å². The first kappa shape index (κ1) is 22.3. The summed E-state index contributed by atoms with van der Waals surface area (Å²) in [4.78, 5) is 15.4. The first-order valence-electron chi connectivity index (χ1n) is 12.0. The maximum atomic E-state index is 13.1. The van der Waals surface area contributed by atoms with Crippen LogP contribution in [0.1, 0.15) is 44.1 Å². The van der Waals surface area contributed by atoms with Gasteiger partial charge >= 0.3 is 0 Å². The summed E-state index contributed by atoms with van der Waals surface area (Å²) in [5, 5.41) is 3.32. The number of anilines is 2. The third-order valence-corrected chi connectivity index (χ3v) is 8.99. The highest BCUT2D eigenvalue weighted by atomic mass is 32.2. The SMILES string of the molecule is CS(=O)(=O)N1C[C@]2(CC[C@@H](C(=O)NC3CCN(c4ccccc4)CC3)CC2)c2ccccc21. The Bertz CT molecular complexity index is 1100.